The van der Waals surface area contributed by atoms with Crippen LogP contribution in [0.4, 0.5) is 0 Å². The summed E-state index contributed by atoms with van der Waals surface area (Å²) in [4.78, 5) is 13.9. The van der Waals surface area contributed by atoms with E-state index >= 15 is 0 Å². The number of carboxylic acids is 1. The lowest BCUT2D eigenvalue weighted by molar-refractivity contribution is -0.149. The minimum Gasteiger partial charge on any atom is -0.480 e. The third-order valence-electron chi connectivity index (χ3n) is 4.54. The van der Waals surface area contributed by atoms with Crippen LogP contribution in [0, 0.1) is 0 Å². The quantitative estimate of drug-likeness (QED) is 0.639. The second-order valence-electron chi connectivity index (χ2n) is 6.51. The summed E-state index contributed by atoms with van der Waals surface area (Å²) in [6.45, 7) is 0.854. The Morgan fingerprint density at radius 1 is 0.741 bits per heavy atom. The molecule has 0 heterocycles. The largest absolute Gasteiger partial charge is 0.480 e. The highest BCUT2D eigenvalue weighted by molar-refractivity contribution is 5.74. The number of carboxylic acid groups (broad SMARTS) is 1. The lowest BCUT2D eigenvalue weighted by Gasteiger charge is -2.32. The van der Waals surface area contributed by atoms with E-state index in [1.54, 1.807) is 24.3 Å². The van der Waals surface area contributed by atoms with E-state index < -0.39 is 18.1 Å². The minimum atomic E-state index is -1.13. The number of hydrogen-bond donors (Lipinski definition) is 2. The number of rotatable bonds is 8. The van der Waals surface area contributed by atoms with Gasteiger partial charge < -0.3 is 10.2 Å². The second-order valence-corrected chi connectivity index (χ2v) is 6.51. The number of hydrogen-bond acceptors (Lipinski definition) is 3. The molecule has 2 atom stereocenters. The van der Waals surface area contributed by atoms with Crippen LogP contribution in [0.3, 0.4) is 0 Å². The van der Waals surface area contributed by atoms with Crippen LogP contribution in [0.2, 0.25) is 0 Å². The van der Waals surface area contributed by atoms with Crippen LogP contribution in [0.25, 0.3) is 0 Å². The molecule has 0 fully saturated rings. The summed E-state index contributed by atoms with van der Waals surface area (Å²) in [6.07, 6.45) is -1.13. The number of aliphatic hydroxyl groups is 1. The molecule has 0 saturated heterocycles. The van der Waals surface area contributed by atoms with Crippen LogP contribution in [-0.4, -0.2) is 27.1 Å². The summed E-state index contributed by atoms with van der Waals surface area (Å²) < 4.78 is 0. The van der Waals surface area contributed by atoms with E-state index in [9.17, 15) is 15.0 Å². The number of nitrogens with zero attached hydrogens (tertiary/aromatic N) is 1. The first-order valence-corrected chi connectivity index (χ1v) is 8.93. The van der Waals surface area contributed by atoms with Crippen molar-refractivity contribution in [3.63, 3.8) is 0 Å². The summed E-state index contributed by atoms with van der Waals surface area (Å²) in [5.41, 5.74) is 2.59. The Balaban J connectivity index is 1.93. The van der Waals surface area contributed by atoms with Gasteiger partial charge in [-0.05, 0) is 16.7 Å². The van der Waals surface area contributed by atoms with Gasteiger partial charge in [0.25, 0.3) is 0 Å². The summed E-state index contributed by atoms with van der Waals surface area (Å²) in [5.74, 6) is -1.04. The zero-order chi connectivity index (χ0) is 19.1. The maximum atomic E-state index is 12.1. The first-order valence-electron chi connectivity index (χ1n) is 8.93. The fraction of sp³-hybridized carbons (Fsp3) is 0.174. The Bertz CT molecular complexity index is 796. The Morgan fingerprint density at radius 3 is 1.56 bits per heavy atom. The number of aliphatic hydroxyl groups excluding tert-OH is 1. The topological polar surface area (TPSA) is 60.8 Å². The maximum absolute atomic E-state index is 12.1. The van der Waals surface area contributed by atoms with Crippen molar-refractivity contribution in [2.24, 2.45) is 0 Å². The zero-order valence-electron chi connectivity index (χ0n) is 15.0. The predicted octanol–water partition coefficient (Wildman–Crippen LogP) is 3.88. The van der Waals surface area contributed by atoms with Crippen molar-refractivity contribution in [1.82, 2.24) is 4.90 Å². The molecule has 2 N–H and O–H groups in total. The number of carbonyl (C=O) groups is 1. The minimum absolute atomic E-state index is 0.427. The van der Waals surface area contributed by atoms with Crippen LogP contribution in [-0.2, 0) is 17.9 Å². The van der Waals surface area contributed by atoms with Gasteiger partial charge in [0.05, 0.1) is 0 Å². The molecule has 3 aromatic carbocycles. The summed E-state index contributed by atoms with van der Waals surface area (Å²) >= 11 is 0. The molecule has 0 saturated carbocycles. The molecular weight excluding hydrogens is 338 g/mol. The van der Waals surface area contributed by atoms with E-state index in [0.717, 1.165) is 11.1 Å². The lowest BCUT2D eigenvalue weighted by atomic mass is 9.99. The summed E-state index contributed by atoms with van der Waals surface area (Å²) in [5, 5.41) is 20.8. The molecule has 0 aromatic heterocycles. The second kappa shape index (κ2) is 9.12. The van der Waals surface area contributed by atoms with Crippen molar-refractivity contribution in [1.29, 1.82) is 0 Å². The Labute approximate surface area is 159 Å². The highest BCUT2D eigenvalue weighted by atomic mass is 16.4. The van der Waals surface area contributed by atoms with E-state index in [1.807, 2.05) is 71.6 Å². The molecule has 0 spiro atoms. The van der Waals surface area contributed by atoms with Crippen molar-refractivity contribution in [2.75, 3.05) is 0 Å². The molecule has 0 aliphatic heterocycles. The molecule has 4 nitrogen and oxygen atoms in total. The average molecular weight is 361 g/mol. The third-order valence-corrected chi connectivity index (χ3v) is 4.54. The highest BCUT2D eigenvalue weighted by Gasteiger charge is 2.33. The van der Waals surface area contributed by atoms with Crippen LogP contribution in [0.5, 0.6) is 0 Å². The lowest BCUT2D eigenvalue weighted by Crippen LogP contribution is -2.44. The van der Waals surface area contributed by atoms with Crippen molar-refractivity contribution in [3.05, 3.63) is 108 Å². The van der Waals surface area contributed by atoms with Gasteiger partial charge >= 0.3 is 5.97 Å². The molecule has 0 aliphatic carbocycles. The molecule has 27 heavy (non-hydrogen) atoms. The summed E-state index contributed by atoms with van der Waals surface area (Å²) in [7, 11) is 0. The van der Waals surface area contributed by atoms with Crippen LogP contribution in [0.15, 0.2) is 91.0 Å². The van der Waals surface area contributed by atoms with Gasteiger partial charge in [0.2, 0.25) is 0 Å². The van der Waals surface area contributed by atoms with E-state index in [1.165, 1.54) is 0 Å². The van der Waals surface area contributed by atoms with Crippen molar-refractivity contribution in [2.45, 2.75) is 25.2 Å². The monoisotopic (exact) mass is 361 g/mol. The fourth-order valence-corrected chi connectivity index (χ4v) is 3.21. The van der Waals surface area contributed by atoms with Gasteiger partial charge in [0.1, 0.15) is 12.1 Å². The van der Waals surface area contributed by atoms with Gasteiger partial charge in [-0.1, -0.05) is 91.0 Å². The van der Waals surface area contributed by atoms with E-state index in [4.69, 9.17) is 0 Å². The standard InChI is InChI=1S/C23H23NO3/c25-22(20-14-8-3-9-15-20)21(23(26)27)24(16-18-10-4-1-5-11-18)17-19-12-6-2-7-13-19/h1-15,21-22,25H,16-17H2,(H,26,27)/t21-,22+/m0/s1. The molecule has 138 valence electrons. The average Bonchev–Trinajstić information content (AvgIpc) is 2.70. The molecule has 0 bridgehead atoms. The molecule has 0 amide bonds. The van der Waals surface area contributed by atoms with Gasteiger partial charge in [-0.2, -0.15) is 0 Å². The number of aliphatic carboxylic acids is 1. The van der Waals surface area contributed by atoms with Gasteiger partial charge in [-0.25, -0.2) is 0 Å². The maximum Gasteiger partial charge on any atom is 0.324 e. The van der Waals surface area contributed by atoms with Crippen LogP contribution >= 0.6 is 0 Å². The highest BCUT2D eigenvalue weighted by Crippen LogP contribution is 2.25. The molecular formula is C23H23NO3. The Morgan fingerprint density at radius 2 is 1.15 bits per heavy atom. The predicted molar refractivity (Wildman–Crippen MR) is 105 cm³/mol. The molecule has 3 aromatic rings. The van der Waals surface area contributed by atoms with Gasteiger partial charge in [0.15, 0.2) is 0 Å². The SMILES string of the molecule is O=C(O)[C@H]([C@H](O)c1ccccc1)N(Cc1ccccc1)Cc1ccccc1. The Hall–Kier alpha value is -2.95. The van der Waals surface area contributed by atoms with Gasteiger partial charge in [-0.3, -0.25) is 9.69 Å². The summed E-state index contributed by atoms with van der Waals surface area (Å²) in [6, 6.07) is 27.3. The van der Waals surface area contributed by atoms with E-state index in [2.05, 4.69) is 0 Å². The number of benzene rings is 3. The van der Waals surface area contributed by atoms with Crippen molar-refractivity contribution in [3.8, 4) is 0 Å². The van der Waals surface area contributed by atoms with Crippen LogP contribution < -0.4 is 0 Å². The fourth-order valence-electron chi connectivity index (χ4n) is 3.21. The van der Waals surface area contributed by atoms with Crippen molar-refractivity contribution >= 4 is 5.97 Å². The third kappa shape index (κ3) is 5.03. The van der Waals surface area contributed by atoms with Crippen LogP contribution in [0.1, 0.15) is 22.8 Å². The van der Waals surface area contributed by atoms with E-state index in [0.29, 0.717) is 18.7 Å². The Kier molecular flexibility index (Phi) is 6.36. The van der Waals surface area contributed by atoms with E-state index in [-0.39, 0.29) is 0 Å². The molecule has 0 aliphatic rings. The first-order chi connectivity index (χ1) is 13.1. The molecule has 4 heteroatoms. The van der Waals surface area contributed by atoms with Gasteiger partial charge in [-0.15, -0.1) is 0 Å². The molecule has 0 radical (unpaired) electrons. The van der Waals surface area contributed by atoms with Gasteiger partial charge in [0, 0.05) is 13.1 Å². The molecule has 0 unspecified atom stereocenters. The van der Waals surface area contributed by atoms with Crippen molar-refractivity contribution < 1.29 is 15.0 Å². The normalized spacial score (nSPS) is 13.3. The zero-order valence-corrected chi connectivity index (χ0v) is 15.0. The smallest absolute Gasteiger partial charge is 0.324 e. The first kappa shape index (κ1) is 18.8. The molecule has 3 rings (SSSR count).